The molecule has 116 valence electrons. The third-order valence-electron chi connectivity index (χ3n) is 2.96. The number of carbonyl (C=O) groups is 2. The molecule has 0 bridgehead atoms. The molecule has 2 aromatic rings. The zero-order valence-corrected chi connectivity index (χ0v) is 12.0. The lowest BCUT2D eigenvalue weighted by atomic mass is 10.0. The fraction of sp³-hybridized carbons (Fsp3) is 0.267. The second-order valence-corrected chi connectivity index (χ2v) is 4.65. The minimum absolute atomic E-state index is 0.0818. The largest absolute Gasteiger partial charge is 0.481 e. The standard InChI is InChI=1S/C15H16N2O5/c1-21-9-11-7-13(17-22-11)15(20)16-12(8-14(18)19)10-5-3-2-4-6-10/h2-7,12H,8-9H2,1H3,(H,16,20)(H,18,19). The van der Waals surface area contributed by atoms with E-state index in [1.54, 1.807) is 24.3 Å². The van der Waals surface area contributed by atoms with Crippen molar-refractivity contribution in [2.24, 2.45) is 0 Å². The molecule has 7 heteroatoms. The Hall–Kier alpha value is -2.67. The van der Waals surface area contributed by atoms with Gasteiger partial charge in [-0.2, -0.15) is 0 Å². The van der Waals surface area contributed by atoms with E-state index in [9.17, 15) is 9.59 Å². The molecule has 0 aliphatic carbocycles. The van der Waals surface area contributed by atoms with E-state index in [2.05, 4.69) is 10.5 Å². The van der Waals surface area contributed by atoms with Crippen LogP contribution in [-0.2, 0) is 16.1 Å². The van der Waals surface area contributed by atoms with E-state index in [1.807, 2.05) is 6.07 Å². The number of hydrogen-bond donors (Lipinski definition) is 2. The third kappa shape index (κ3) is 4.16. The monoisotopic (exact) mass is 304 g/mol. The number of carboxylic acid groups (broad SMARTS) is 1. The molecule has 2 rings (SSSR count). The van der Waals surface area contributed by atoms with Crippen molar-refractivity contribution in [1.29, 1.82) is 0 Å². The number of hydrogen-bond acceptors (Lipinski definition) is 5. The molecule has 22 heavy (non-hydrogen) atoms. The maximum Gasteiger partial charge on any atom is 0.305 e. The SMILES string of the molecule is COCc1cc(C(=O)NC(CC(=O)O)c2ccccc2)no1. The van der Waals surface area contributed by atoms with Crippen molar-refractivity contribution in [2.75, 3.05) is 7.11 Å². The first-order valence-electron chi connectivity index (χ1n) is 6.62. The number of benzene rings is 1. The number of nitrogens with one attached hydrogen (secondary N) is 1. The number of methoxy groups -OCH3 is 1. The number of amides is 1. The van der Waals surface area contributed by atoms with Crippen molar-refractivity contribution in [2.45, 2.75) is 19.1 Å². The van der Waals surface area contributed by atoms with Gasteiger partial charge in [-0.05, 0) is 5.56 Å². The van der Waals surface area contributed by atoms with Crippen molar-refractivity contribution < 1.29 is 24.0 Å². The molecule has 1 atom stereocenters. The predicted molar refractivity (Wildman–Crippen MR) is 76.1 cm³/mol. The topological polar surface area (TPSA) is 102 Å². The minimum Gasteiger partial charge on any atom is -0.481 e. The van der Waals surface area contributed by atoms with Crippen LogP contribution in [0, 0.1) is 0 Å². The molecular weight excluding hydrogens is 288 g/mol. The average molecular weight is 304 g/mol. The highest BCUT2D eigenvalue weighted by atomic mass is 16.5. The quantitative estimate of drug-likeness (QED) is 0.808. The van der Waals surface area contributed by atoms with E-state index < -0.39 is 17.9 Å². The number of aliphatic carboxylic acids is 1. The first kappa shape index (κ1) is 15.7. The molecule has 0 saturated carbocycles. The van der Waals surface area contributed by atoms with Gasteiger partial charge >= 0.3 is 5.97 Å². The summed E-state index contributed by atoms with van der Waals surface area (Å²) in [6.07, 6.45) is -0.224. The van der Waals surface area contributed by atoms with Gasteiger partial charge in [-0.3, -0.25) is 9.59 Å². The molecule has 0 saturated heterocycles. The Morgan fingerprint density at radius 3 is 2.73 bits per heavy atom. The van der Waals surface area contributed by atoms with Crippen LogP contribution in [0.4, 0.5) is 0 Å². The summed E-state index contributed by atoms with van der Waals surface area (Å²) in [5, 5.41) is 15.3. The molecule has 0 aliphatic rings. The molecule has 0 fully saturated rings. The molecule has 7 nitrogen and oxygen atoms in total. The van der Waals surface area contributed by atoms with Gasteiger partial charge < -0.3 is 19.7 Å². The highest BCUT2D eigenvalue weighted by molar-refractivity contribution is 5.92. The molecule has 1 amide bonds. The lowest BCUT2D eigenvalue weighted by molar-refractivity contribution is -0.137. The molecule has 0 spiro atoms. The van der Waals surface area contributed by atoms with E-state index in [0.717, 1.165) is 0 Å². The van der Waals surface area contributed by atoms with E-state index in [-0.39, 0.29) is 18.7 Å². The van der Waals surface area contributed by atoms with Crippen LogP contribution < -0.4 is 5.32 Å². The van der Waals surface area contributed by atoms with Crippen molar-refractivity contribution in [3.05, 3.63) is 53.4 Å². The van der Waals surface area contributed by atoms with Crippen LogP contribution >= 0.6 is 0 Å². The van der Waals surface area contributed by atoms with Crippen LogP contribution in [0.5, 0.6) is 0 Å². The molecule has 0 aliphatic heterocycles. The molecule has 0 radical (unpaired) electrons. The second kappa shape index (κ2) is 7.37. The number of carbonyl (C=O) groups excluding carboxylic acids is 1. The lowest BCUT2D eigenvalue weighted by Gasteiger charge is -2.16. The fourth-order valence-corrected chi connectivity index (χ4v) is 1.97. The Labute approximate surface area is 126 Å². The minimum atomic E-state index is -1.01. The molecule has 1 heterocycles. The summed E-state index contributed by atoms with van der Waals surface area (Å²) in [7, 11) is 1.50. The number of rotatable bonds is 7. The Kier molecular flexibility index (Phi) is 5.26. The molecular formula is C15H16N2O5. The van der Waals surface area contributed by atoms with Gasteiger partial charge in [0.15, 0.2) is 11.5 Å². The molecule has 1 aromatic heterocycles. The van der Waals surface area contributed by atoms with Crippen LogP contribution in [0.2, 0.25) is 0 Å². The van der Waals surface area contributed by atoms with Gasteiger partial charge in [-0.1, -0.05) is 35.5 Å². The normalized spacial score (nSPS) is 11.9. The highest BCUT2D eigenvalue weighted by Crippen LogP contribution is 2.17. The van der Waals surface area contributed by atoms with Gasteiger partial charge in [0.1, 0.15) is 6.61 Å². The summed E-state index contributed by atoms with van der Waals surface area (Å²) in [6.45, 7) is 0.206. The summed E-state index contributed by atoms with van der Waals surface area (Å²) in [4.78, 5) is 23.1. The van der Waals surface area contributed by atoms with Gasteiger partial charge in [0.05, 0.1) is 12.5 Å². The molecule has 1 unspecified atom stereocenters. The Morgan fingerprint density at radius 2 is 2.09 bits per heavy atom. The van der Waals surface area contributed by atoms with E-state index in [0.29, 0.717) is 11.3 Å². The third-order valence-corrected chi connectivity index (χ3v) is 2.96. The zero-order valence-electron chi connectivity index (χ0n) is 12.0. The average Bonchev–Trinajstić information content (AvgIpc) is 2.96. The predicted octanol–water partition coefficient (Wildman–Crippen LogP) is 1.77. The van der Waals surface area contributed by atoms with Crippen LogP contribution in [0.25, 0.3) is 0 Å². The zero-order chi connectivity index (χ0) is 15.9. The van der Waals surface area contributed by atoms with Crippen molar-refractivity contribution >= 4 is 11.9 Å². The van der Waals surface area contributed by atoms with Gasteiger partial charge in [-0.25, -0.2) is 0 Å². The van der Waals surface area contributed by atoms with Gasteiger partial charge in [0.2, 0.25) is 0 Å². The maximum absolute atomic E-state index is 12.2. The number of carboxylic acids is 1. The van der Waals surface area contributed by atoms with Crippen LogP contribution in [0.15, 0.2) is 40.9 Å². The van der Waals surface area contributed by atoms with E-state index in [4.69, 9.17) is 14.4 Å². The lowest BCUT2D eigenvalue weighted by Crippen LogP contribution is -2.30. The summed E-state index contributed by atoms with van der Waals surface area (Å²) in [6, 6.07) is 9.71. The second-order valence-electron chi connectivity index (χ2n) is 4.65. The number of nitrogens with zero attached hydrogens (tertiary/aromatic N) is 1. The summed E-state index contributed by atoms with van der Waals surface area (Å²) < 4.78 is 9.82. The summed E-state index contributed by atoms with van der Waals surface area (Å²) >= 11 is 0. The van der Waals surface area contributed by atoms with Crippen molar-refractivity contribution in [3.8, 4) is 0 Å². The highest BCUT2D eigenvalue weighted by Gasteiger charge is 2.20. The smallest absolute Gasteiger partial charge is 0.305 e. The molecule has 1 aromatic carbocycles. The van der Waals surface area contributed by atoms with E-state index >= 15 is 0 Å². The Balaban J connectivity index is 2.12. The number of ether oxygens (including phenoxy) is 1. The van der Waals surface area contributed by atoms with Crippen molar-refractivity contribution in [1.82, 2.24) is 10.5 Å². The molecule has 2 N–H and O–H groups in total. The van der Waals surface area contributed by atoms with Crippen LogP contribution in [-0.4, -0.2) is 29.2 Å². The first-order chi connectivity index (χ1) is 10.6. The van der Waals surface area contributed by atoms with E-state index in [1.165, 1.54) is 13.2 Å². The Morgan fingerprint density at radius 1 is 1.36 bits per heavy atom. The maximum atomic E-state index is 12.2. The van der Waals surface area contributed by atoms with Crippen LogP contribution in [0.1, 0.15) is 34.3 Å². The van der Waals surface area contributed by atoms with Crippen molar-refractivity contribution in [3.63, 3.8) is 0 Å². The van der Waals surface area contributed by atoms with Gasteiger partial charge in [0, 0.05) is 13.2 Å². The summed E-state index contributed by atoms with van der Waals surface area (Å²) in [5.41, 5.74) is 0.789. The first-order valence-corrected chi connectivity index (χ1v) is 6.62. The fourth-order valence-electron chi connectivity index (χ4n) is 1.97. The number of aromatic nitrogens is 1. The Bertz CT molecular complexity index is 638. The van der Waals surface area contributed by atoms with Gasteiger partial charge in [-0.15, -0.1) is 0 Å². The van der Waals surface area contributed by atoms with Gasteiger partial charge in [0.25, 0.3) is 5.91 Å². The van der Waals surface area contributed by atoms with Crippen LogP contribution in [0.3, 0.4) is 0 Å². The summed E-state index contributed by atoms with van der Waals surface area (Å²) in [5.74, 6) is -1.09.